The molecule has 0 aliphatic heterocycles. The van der Waals surface area contributed by atoms with Crippen LogP contribution in [0.1, 0.15) is 16.1 Å². The molecule has 0 amide bonds. The largest absolute Gasteiger partial charge is 0.497 e. The third kappa shape index (κ3) is 2.33. The van der Waals surface area contributed by atoms with E-state index in [1.807, 2.05) is 13.0 Å². The summed E-state index contributed by atoms with van der Waals surface area (Å²) < 4.78 is 10.7. The molecule has 0 saturated heterocycles. The second-order valence-electron chi connectivity index (χ2n) is 4.65. The number of hydrogen-bond donors (Lipinski definition) is 1. The molecule has 3 aromatic rings. The van der Waals surface area contributed by atoms with Gasteiger partial charge in [-0.2, -0.15) is 0 Å². The lowest BCUT2D eigenvalue weighted by Gasteiger charge is -2.07. The van der Waals surface area contributed by atoms with Crippen LogP contribution in [0.25, 0.3) is 22.4 Å². The molecule has 5 heteroatoms. The summed E-state index contributed by atoms with van der Waals surface area (Å²) in [5, 5.41) is 9.96. The van der Waals surface area contributed by atoms with Gasteiger partial charge in [0.1, 0.15) is 17.2 Å². The van der Waals surface area contributed by atoms with E-state index in [1.165, 1.54) is 13.2 Å². The third-order valence-corrected chi connectivity index (χ3v) is 3.24. The van der Waals surface area contributed by atoms with Crippen molar-refractivity contribution in [3.05, 3.63) is 47.7 Å². The van der Waals surface area contributed by atoms with E-state index in [-0.39, 0.29) is 5.56 Å². The highest BCUT2D eigenvalue weighted by Gasteiger charge is 2.15. The number of carbonyl (C=O) groups is 1. The fraction of sp³-hybridized carbons (Fsp3) is 0.125. The van der Waals surface area contributed by atoms with Gasteiger partial charge in [-0.3, -0.25) is 0 Å². The number of aryl methyl sites for hydroxylation is 1. The molecule has 0 unspecified atom stereocenters. The molecule has 21 heavy (non-hydrogen) atoms. The lowest BCUT2D eigenvalue weighted by molar-refractivity contribution is 0.0699. The van der Waals surface area contributed by atoms with Gasteiger partial charge in [0.15, 0.2) is 5.76 Å². The van der Waals surface area contributed by atoms with Gasteiger partial charge in [-0.15, -0.1) is 0 Å². The summed E-state index contributed by atoms with van der Waals surface area (Å²) in [6.45, 7) is 1.83. The van der Waals surface area contributed by atoms with Gasteiger partial charge in [0.2, 0.25) is 0 Å². The number of carboxylic acid groups (broad SMARTS) is 1. The Labute approximate surface area is 120 Å². The monoisotopic (exact) mass is 283 g/mol. The Bertz CT molecular complexity index is 835. The first-order valence-corrected chi connectivity index (χ1v) is 6.37. The van der Waals surface area contributed by atoms with Crippen LogP contribution in [-0.2, 0) is 0 Å². The highest BCUT2D eigenvalue weighted by atomic mass is 16.5. The molecule has 0 fully saturated rings. The van der Waals surface area contributed by atoms with E-state index in [4.69, 9.17) is 9.15 Å². The topological polar surface area (TPSA) is 72.6 Å². The minimum absolute atomic E-state index is 0.169. The van der Waals surface area contributed by atoms with Gasteiger partial charge >= 0.3 is 5.97 Å². The average molecular weight is 283 g/mol. The average Bonchev–Trinajstić information content (AvgIpc) is 2.92. The Morgan fingerprint density at radius 3 is 2.67 bits per heavy atom. The van der Waals surface area contributed by atoms with Crippen LogP contribution in [0, 0.1) is 6.92 Å². The van der Waals surface area contributed by atoms with Gasteiger partial charge in [0, 0.05) is 5.39 Å². The summed E-state index contributed by atoms with van der Waals surface area (Å²) in [5.41, 5.74) is 1.25. The molecule has 106 valence electrons. The van der Waals surface area contributed by atoms with Gasteiger partial charge in [-0.1, -0.05) is 0 Å². The Hall–Kier alpha value is -2.82. The number of methoxy groups -OCH3 is 1. The van der Waals surface area contributed by atoms with Crippen LogP contribution in [0.3, 0.4) is 0 Å². The fourth-order valence-corrected chi connectivity index (χ4v) is 2.21. The van der Waals surface area contributed by atoms with Crippen molar-refractivity contribution in [1.29, 1.82) is 0 Å². The van der Waals surface area contributed by atoms with Crippen LogP contribution < -0.4 is 4.74 Å². The van der Waals surface area contributed by atoms with Crippen molar-refractivity contribution >= 4 is 16.9 Å². The zero-order chi connectivity index (χ0) is 15.0. The van der Waals surface area contributed by atoms with Gasteiger partial charge in [0.05, 0.1) is 18.2 Å². The highest BCUT2D eigenvalue weighted by molar-refractivity contribution is 6.04. The second-order valence-corrected chi connectivity index (χ2v) is 4.65. The van der Waals surface area contributed by atoms with Crippen LogP contribution in [-0.4, -0.2) is 23.2 Å². The summed E-state index contributed by atoms with van der Waals surface area (Å²) in [6.07, 6.45) is 0. The maximum absolute atomic E-state index is 11.5. The smallest absolute Gasteiger partial charge is 0.336 e. The molecule has 2 aromatic heterocycles. The van der Waals surface area contributed by atoms with E-state index >= 15 is 0 Å². The molecule has 0 saturated carbocycles. The van der Waals surface area contributed by atoms with Crippen LogP contribution >= 0.6 is 0 Å². The van der Waals surface area contributed by atoms with E-state index in [0.717, 1.165) is 5.76 Å². The van der Waals surface area contributed by atoms with Crippen molar-refractivity contribution in [2.75, 3.05) is 7.11 Å². The van der Waals surface area contributed by atoms with Crippen molar-refractivity contribution in [1.82, 2.24) is 4.98 Å². The van der Waals surface area contributed by atoms with Crippen LogP contribution in [0.5, 0.6) is 5.75 Å². The van der Waals surface area contributed by atoms with Gasteiger partial charge < -0.3 is 14.3 Å². The molecule has 0 aliphatic carbocycles. The maximum atomic E-state index is 11.5. The van der Waals surface area contributed by atoms with Crippen molar-refractivity contribution in [2.45, 2.75) is 6.92 Å². The summed E-state index contributed by atoms with van der Waals surface area (Å²) >= 11 is 0. The number of benzene rings is 1. The second kappa shape index (κ2) is 4.94. The quantitative estimate of drug-likeness (QED) is 0.796. The summed E-state index contributed by atoms with van der Waals surface area (Å²) in [5.74, 6) is 0.875. The first-order chi connectivity index (χ1) is 10.1. The molecule has 1 N–H and O–H groups in total. The minimum atomic E-state index is -1.01. The molecule has 0 radical (unpaired) electrons. The molecular weight excluding hydrogens is 270 g/mol. The van der Waals surface area contributed by atoms with Crippen LogP contribution in [0.2, 0.25) is 0 Å². The van der Waals surface area contributed by atoms with Gasteiger partial charge in [-0.25, -0.2) is 9.78 Å². The zero-order valence-electron chi connectivity index (χ0n) is 11.6. The molecular formula is C16H13NO4. The van der Waals surface area contributed by atoms with Crippen molar-refractivity contribution in [3.63, 3.8) is 0 Å². The SMILES string of the molecule is COc1ccc2nc(-c3ccc(C)o3)cc(C(=O)O)c2c1. The van der Waals surface area contributed by atoms with E-state index in [2.05, 4.69) is 4.98 Å². The number of rotatable bonds is 3. The maximum Gasteiger partial charge on any atom is 0.336 e. The molecule has 1 aromatic carbocycles. The predicted molar refractivity (Wildman–Crippen MR) is 77.7 cm³/mol. The fourth-order valence-electron chi connectivity index (χ4n) is 2.21. The molecule has 0 bridgehead atoms. The Morgan fingerprint density at radius 2 is 2.05 bits per heavy atom. The Kier molecular flexibility index (Phi) is 3.10. The molecule has 3 rings (SSSR count). The number of carboxylic acids is 1. The van der Waals surface area contributed by atoms with Gasteiger partial charge in [0.25, 0.3) is 0 Å². The van der Waals surface area contributed by atoms with E-state index in [0.29, 0.717) is 28.1 Å². The van der Waals surface area contributed by atoms with Crippen molar-refractivity contribution < 1.29 is 19.1 Å². The first-order valence-electron chi connectivity index (χ1n) is 6.37. The Balaban J connectivity index is 2.28. The highest BCUT2D eigenvalue weighted by Crippen LogP contribution is 2.28. The minimum Gasteiger partial charge on any atom is -0.497 e. The van der Waals surface area contributed by atoms with Crippen molar-refractivity contribution in [3.8, 4) is 17.2 Å². The molecule has 5 nitrogen and oxygen atoms in total. The van der Waals surface area contributed by atoms with Crippen molar-refractivity contribution in [2.24, 2.45) is 0 Å². The Morgan fingerprint density at radius 1 is 1.24 bits per heavy atom. The first kappa shape index (κ1) is 13.2. The number of aromatic nitrogens is 1. The number of pyridine rings is 1. The lowest BCUT2D eigenvalue weighted by atomic mass is 10.1. The van der Waals surface area contributed by atoms with E-state index in [1.54, 1.807) is 24.3 Å². The predicted octanol–water partition coefficient (Wildman–Crippen LogP) is 3.51. The van der Waals surface area contributed by atoms with E-state index in [9.17, 15) is 9.90 Å². The normalized spacial score (nSPS) is 10.8. The van der Waals surface area contributed by atoms with Gasteiger partial charge in [-0.05, 0) is 43.3 Å². The zero-order valence-corrected chi connectivity index (χ0v) is 11.6. The number of fused-ring (bicyclic) bond motifs is 1. The number of hydrogen-bond acceptors (Lipinski definition) is 4. The molecule has 0 aliphatic rings. The number of furan rings is 1. The lowest BCUT2D eigenvalue weighted by Crippen LogP contribution is -2.00. The standard InChI is InChI=1S/C16H13NO4/c1-9-3-6-15(21-9)14-8-12(16(18)19)11-7-10(20-2)4-5-13(11)17-14/h3-8H,1-2H3,(H,18,19). The third-order valence-electron chi connectivity index (χ3n) is 3.24. The van der Waals surface area contributed by atoms with E-state index < -0.39 is 5.97 Å². The van der Waals surface area contributed by atoms with Crippen LogP contribution in [0.15, 0.2) is 40.8 Å². The summed E-state index contributed by atoms with van der Waals surface area (Å²) in [7, 11) is 1.54. The number of nitrogens with zero attached hydrogens (tertiary/aromatic N) is 1. The molecule has 0 spiro atoms. The number of aromatic carboxylic acids is 1. The van der Waals surface area contributed by atoms with Crippen LogP contribution in [0.4, 0.5) is 0 Å². The summed E-state index contributed by atoms with van der Waals surface area (Å²) in [6, 6.07) is 10.3. The molecule has 0 atom stereocenters. The number of ether oxygens (including phenoxy) is 1. The summed E-state index contributed by atoms with van der Waals surface area (Å²) in [4.78, 5) is 16.0. The molecule has 2 heterocycles.